The fourth-order valence-electron chi connectivity index (χ4n) is 2.47. The lowest BCUT2D eigenvalue weighted by Crippen LogP contribution is -2.44. The summed E-state index contributed by atoms with van der Waals surface area (Å²) in [4.78, 5) is 10.8. The maximum Gasteiger partial charge on any atom is 0.308 e. The minimum absolute atomic E-state index is 0.194. The van der Waals surface area contributed by atoms with E-state index in [4.69, 9.17) is 9.84 Å². The summed E-state index contributed by atoms with van der Waals surface area (Å²) in [6.07, 6.45) is 2.13. The Morgan fingerprint density at radius 1 is 1.57 bits per heavy atom. The van der Waals surface area contributed by atoms with Crippen molar-refractivity contribution in [1.82, 2.24) is 5.32 Å². The van der Waals surface area contributed by atoms with Crippen molar-refractivity contribution in [1.29, 1.82) is 0 Å². The summed E-state index contributed by atoms with van der Waals surface area (Å²) in [6, 6.07) is 0.869. The van der Waals surface area contributed by atoms with Gasteiger partial charge in [-0.25, -0.2) is 0 Å². The Balaban J connectivity index is 1.95. The zero-order valence-corrected chi connectivity index (χ0v) is 8.56. The van der Waals surface area contributed by atoms with E-state index in [-0.39, 0.29) is 12.1 Å². The second-order valence-corrected chi connectivity index (χ2v) is 4.44. The van der Waals surface area contributed by atoms with Gasteiger partial charge >= 0.3 is 5.97 Å². The minimum atomic E-state index is -0.778. The fourth-order valence-corrected chi connectivity index (χ4v) is 2.47. The molecule has 0 aromatic rings. The summed E-state index contributed by atoms with van der Waals surface area (Å²) in [5.74, 6) is -0.437. The number of hydrogen-bond donors (Lipinski definition) is 2. The molecule has 1 saturated heterocycles. The first-order valence-corrected chi connectivity index (χ1v) is 5.15. The molecule has 1 saturated carbocycles. The number of rotatable bonds is 4. The van der Waals surface area contributed by atoms with E-state index >= 15 is 0 Å². The third-order valence-corrected chi connectivity index (χ3v) is 3.46. The van der Waals surface area contributed by atoms with Gasteiger partial charge in [0.25, 0.3) is 0 Å². The molecule has 4 nitrogen and oxygen atoms in total. The van der Waals surface area contributed by atoms with Gasteiger partial charge in [0.1, 0.15) is 0 Å². The van der Waals surface area contributed by atoms with E-state index in [2.05, 4.69) is 5.32 Å². The van der Waals surface area contributed by atoms with Gasteiger partial charge in [-0.1, -0.05) is 0 Å². The summed E-state index contributed by atoms with van der Waals surface area (Å²) in [7, 11) is 1.59. The van der Waals surface area contributed by atoms with Gasteiger partial charge in [-0.3, -0.25) is 4.79 Å². The van der Waals surface area contributed by atoms with E-state index in [1.165, 1.54) is 6.42 Å². The number of aliphatic carboxylic acids is 1. The average molecular weight is 199 g/mol. The van der Waals surface area contributed by atoms with Crippen LogP contribution in [-0.4, -0.2) is 36.4 Å². The average Bonchev–Trinajstić information content (AvgIpc) is 2.75. The lowest BCUT2D eigenvalue weighted by atomic mass is 9.95. The van der Waals surface area contributed by atoms with Crippen LogP contribution in [-0.2, 0) is 9.53 Å². The summed E-state index contributed by atoms with van der Waals surface area (Å²) in [5, 5.41) is 12.3. The third kappa shape index (κ3) is 1.64. The van der Waals surface area contributed by atoms with Crippen molar-refractivity contribution >= 4 is 5.97 Å². The molecule has 2 rings (SSSR count). The molecule has 5 atom stereocenters. The lowest BCUT2D eigenvalue weighted by molar-refractivity contribution is -0.146. The monoisotopic (exact) mass is 199 g/mol. The van der Waals surface area contributed by atoms with Gasteiger partial charge in [-0.2, -0.15) is 0 Å². The Bertz CT molecular complexity index is 234. The van der Waals surface area contributed by atoms with Gasteiger partial charge in [-0.15, -0.1) is 0 Å². The van der Waals surface area contributed by atoms with Crippen LogP contribution in [0.1, 0.15) is 19.8 Å². The number of hydrogen-bond acceptors (Lipinski definition) is 3. The zero-order chi connectivity index (χ0) is 10.3. The van der Waals surface area contributed by atoms with Crippen LogP contribution < -0.4 is 5.32 Å². The number of piperidine rings is 1. The zero-order valence-electron chi connectivity index (χ0n) is 8.56. The Kier molecular flexibility index (Phi) is 2.49. The maximum atomic E-state index is 10.8. The van der Waals surface area contributed by atoms with Crippen molar-refractivity contribution in [3.05, 3.63) is 0 Å². The first kappa shape index (κ1) is 9.93. The molecular formula is C10H17NO3. The van der Waals surface area contributed by atoms with Gasteiger partial charge in [0, 0.05) is 19.2 Å². The Labute approximate surface area is 83.6 Å². The van der Waals surface area contributed by atoms with Crippen molar-refractivity contribution in [3.63, 3.8) is 0 Å². The van der Waals surface area contributed by atoms with Crippen LogP contribution in [0.5, 0.6) is 0 Å². The number of nitrogens with one attached hydrogen (secondary N) is 1. The molecule has 1 heterocycles. The van der Waals surface area contributed by atoms with Crippen molar-refractivity contribution in [2.45, 2.75) is 38.0 Å². The lowest BCUT2D eigenvalue weighted by Gasteiger charge is -2.27. The van der Waals surface area contributed by atoms with E-state index in [1.54, 1.807) is 14.0 Å². The van der Waals surface area contributed by atoms with Crippen molar-refractivity contribution in [3.8, 4) is 0 Å². The quantitative estimate of drug-likeness (QED) is 0.691. The molecule has 14 heavy (non-hydrogen) atoms. The highest BCUT2D eigenvalue weighted by Gasteiger charge is 2.49. The largest absolute Gasteiger partial charge is 0.481 e. The topological polar surface area (TPSA) is 58.6 Å². The molecule has 2 fully saturated rings. The molecule has 2 aliphatic rings. The number of fused-ring (bicyclic) bond motifs is 1. The second kappa shape index (κ2) is 3.51. The highest BCUT2D eigenvalue weighted by Crippen LogP contribution is 2.42. The van der Waals surface area contributed by atoms with Crippen LogP contribution >= 0.6 is 0 Å². The van der Waals surface area contributed by atoms with E-state index in [1.807, 2.05) is 0 Å². The van der Waals surface area contributed by atoms with Crippen LogP contribution in [0.3, 0.4) is 0 Å². The number of ether oxygens (including phenoxy) is 1. The second-order valence-electron chi connectivity index (χ2n) is 4.44. The maximum absolute atomic E-state index is 10.8. The van der Waals surface area contributed by atoms with Crippen LogP contribution in [0.15, 0.2) is 0 Å². The number of carbonyl (C=O) groups is 1. The number of carboxylic acids is 1. The molecule has 4 heteroatoms. The molecule has 0 radical (unpaired) electrons. The van der Waals surface area contributed by atoms with E-state index in [0.29, 0.717) is 6.04 Å². The molecular weight excluding hydrogens is 182 g/mol. The van der Waals surface area contributed by atoms with Crippen LogP contribution in [0.4, 0.5) is 0 Å². The molecule has 0 unspecified atom stereocenters. The molecule has 0 aromatic heterocycles. The molecule has 0 bridgehead atoms. The molecule has 0 amide bonds. The van der Waals surface area contributed by atoms with Gasteiger partial charge in [0.15, 0.2) is 0 Å². The van der Waals surface area contributed by atoms with Crippen molar-refractivity contribution < 1.29 is 14.6 Å². The van der Waals surface area contributed by atoms with E-state index < -0.39 is 11.9 Å². The predicted octanol–water partition coefficient (Wildman–Crippen LogP) is 0.472. The van der Waals surface area contributed by atoms with Crippen LogP contribution in [0, 0.1) is 11.8 Å². The van der Waals surface area contributed by atoms with E-state index in [9.17, 15) is 4.79 Å². The summed E-state index contributed by atoms with van der Waals surface area (Å²) >= 11 is 0. The molecule has 2 N–H and O–H groups in total. The first-order valence-electron chi connectivity index (χ1n) is 5.15. The van der Waals surface area contributed by atoms with E-state index in [0.717, 1.165) is 12.3 Å². The predicted molar refractivity (Wildman–Crippen MR) is 51.0 cm³/mol. The number of methoxy groups -OCH3 is 1. The van der Waals surface area contributed by atoms with Gasteiger partial charge < -0.3 is 15.2 Å². The van der Waals surface area contributed by atoms with Gasteiger partial charge in [0.05, 0.1) is 12.0 Å². The van der Waals surface area contributed by atoms with Gasteiger partial charge in [0.2, 0.25) is 0 Å². The van der Waals surface area contributed by atoms with Crippen molar-refractivity contribution in [2.24, 2.45) is 11.8 Å². The van der Waals surface area contributed by atoms with Gasteiger partial charge in [-0.05, 0) is 25.7 Å². The van der Waals surface area contributed by atoms with Crippen LogP contribution in [0.2, 0.25) is 0 Å². The standard InChI is InChI=1S/C10H17NO3/c1-5(10(12)13)9(14-2)8-4-6-3-7(6)11-8/h5-9,11H,3-4H2,1-2H3,(H,12,13)/t5-,6+,7+,8+,9-/m1/s1. The Hall–Kier alpha value is -0.610. The Morgan fingerprint density at radius 3 is 2.71 bits per heavy atom. The highest BCUT2D eigenvalue weighted by atomic mass is 16.5. The molecule has 1 aliphatic carbocycles. The van der Waals surface area contributed by atoms with Crippen molar-refractivity contribution in [2.75, 3.05) is 7.11 Å². The minimum Gasteiger partial charge on any atom is -0.481 e. The molecule has 0 aromatic carbocycles. The normalized spacial score (nSPS) is 38.9. The summed E-state index contributed by atoms with van der Waals surface area (Å²) < 4.78 is 5.28. The van der Waals surface area contributed by atoms with Crippen LogP contribution in [0.25, 0.3) is 0 Å². The Morgan fingerprint density at radius 2 is 2.29 bits per heavy atom. The SMILES string of the molecule is CO[C@@H]([C@@H]1C[C@@H]2C[C@@H]2N1)[C@@H](C)C(=O)O. The number of carboxylic acid groups (broad SMARTS) is 1. The summed E-state index contributed by atoms with van der Waals surface area (Å²) in [6.45, 7) is 1.71. The fraction of sp³-hybridized carbons (Fsp3) is 0.900. The first-order chi connectivity index (χ1) is 6.63. The third-order valence-electron chi connectivity index (χ3n) is 3.46. The molecule has 80 valence electrons. The molecule has 0 spiro atoms. The highest BCUT2D eigenvalue weighted by molar-refractivity contribution is 5.70. The smallest absolute Gasteiger partial charge is 0.308 e. The molecule has 1 aliphatic heterocycles. The summed E-state index contributed by atoms with van der Waals surface area (Å²) in [5.41, 5.74) is 0.